The van der Waals surface area contributed by atoms with Crippen LogP contribution in [0.15, 0.2) is 108 Å². The maximum absolute atomic E-state index is 4.99. The summed E-state index contributed by atoms with van der Waals surface area (Å²) in [5, 5.41) is 7.00. The molecule has 3 heteroatoms. The third kappa shape index (κ3) is 6.25. The number of nitrogens with zero attached hydrogens (tertiary/aromatic N) is 3. The largest absolute Gasteiger partial charge is 0.310 e. The summed E-state index contributed by atoms with van der Waals surface area (Å²) in [6, 6.07) is 37.0. The third-order valence-corrected chi connectivity index (χ3v) is 7.85. The highest BCUT2D eigenvalue weighted by atomic mass is 15.5. The van der Waals surface area contributed by atoms with Crippen LogP contribution in [-0.2, 0) is 0 Å². The highest BCUT2D eigenvalue weighted by Gasteiger charge is 2.15. The Labute approximate surface area is 245 Å². The van der Waals surface area contributed by atoms with E-state index in [2.05, 4.69) is 156 Å². The molecule has 41 heavy (non-hydrogen) atoms. The van der Waals surface area contributed by atoms with E-state index in [0.29, 0.717) is 0 Å². The number of benzene rings is 5. The minimum atomic E-state index is 1.03. The molecule has 5 rings (SSSR count). The van der Waals surface area contributed by atoms with Gasteiger partial charge in [0, 0.05) is 17.1 Å². The molecule has 0 aliphatic rings. The van der Waals surface area contributed by atoms with Gasteiger partial charge in [-0.25, -0.2) is 5.01 Å². The van der Waals surface area contributed by atoms with Crippen molar-refractivity contribution >= 4 is 34.7 Å². The fraction of sp³-hybridized carbons (Fsp3) is 0.184. The summed E-state index contributed by atoms with van der Waals surface area (Å²) in [5.74, 6) is 0. The van der Waals surface area contributed by atoms with E-state index in [9.17, 15) is 0 Å². The standard InChI is InChI=1S/C38H39N3/c1-26-11-16-34(17-12-26)41(38-10-8-9-27(2)21-38)39-25-33-15-20-37(24-32(33)7)40(35-18-13-28(3)30(5)22-35)36-19-14-29(4)31(6)23-36/h8-25H,1-7H3/b39-25+. The molecule has 0 heterocycles. The Morgan fingerprint density at radius 2 is 0.976 bits per heavy atom. The molecule has 0 N–H and O–H groups in total. The molecule has 0 saturated carbocycles. The first kappa shape index (κ1) is 27.9. The zero-order valence-electron chi connectivity index (χ0n) is 25.2. The molecular weight excluding hydrogens is 498 g/mol. The molecular formula is C38H39N3. The molecule has 0 atom stereocenters. The number of hydrazone groups is 1. The van der Waals surface area contributed by atoms with E-state index in [1.807, 2.05) is 11.2 Å². The van der Waals surface area contributed by atoms with Gasteiger partial charge in [-0.1, -0.05) is 48.0 Å². The number of hydrogen-bond donors (Lipinski definition) is 0. The van der Waals surface area contributed by atoms with Gasteiger partial charge in [0.15, 0.2) is 0 Å². The van der Waals surface area contributed by atoms with Crippen LogP contribution in [0.1, 0.15) is 44.5 Å². The van der Waals surface area contributed by atoms with Gasteiger partial charge in [0.2, 0.25) is 0 Å². The van der Waals surface area contributed by atoms with Crippen molar-refractivity contribution in [1.82, 2.24) is 0 Å². The zero-order valence-corrected chi connectivity index (χ0v) is 25.2. The Kier molecular flexibility index (Phi) is 8.07. The lowest BCUT2D eigenvalue weighted by Crippen LogP contribution is -2.12. The van der Waals surface area contributed by atoms with E-state index in [1.165, 1.54) is 33.4 Å². The number of aryl methyl sites for hydroxylation is 7. The van der Waals surface area contributed by atoms with Gasteiger partial charge in [0.25, 0.3) is 0 Å². The van der Waals surface area contributed by atoms with Crippen LogP contribution in [0.2, 0.25) is 0 Å². The van der Waals surface area contributed by atoms with Gasteiger partial charge in [0.1, 0.15) is 0 Å². The summed E-state index contributed by atoms with van der Waals surface area (Å²) in [7, 11) is 0. The van der Waals surface area contributed by atoms with Gasteiger partial charge in [0.05, 0.1) is 17.6 Å². The zero-order chi connectivity index (χ0) is 29.1. The molecule has 0 unspecified atom stereocenters. The lowest BCUT2D eigenvalue weighted by molar-refractivity contribution is 1.09. The Morgan fingerprint density at radius 3 is 1.51 bits per heavy atom. The molecule has 0 fully saturated rings. The van der Waals surface area contributed by atoms with Crippen LogP contribution < -0.4 is 9.91 Å². The van der Waals surface area contributed by atoms with Crippen molar-refractivity contribution in [2.45, 2.75) is 48.5 Å². The molecule has 5 aromatic carbocycles. The quantitative estimate of drug-likeness (QED) is 0.152. The first-order valence-electron chi connectivity index (χ1n) is 14.2. The summed E-state index contributed by atoms with van der Waals surface area (Å²) in [5.41, 5.74) is 15.3. The van der Waals surface area contributed by atoms with Crippen molar-refractivity contribution < 1.29 is 0 Å². The third-order valence-electron chi connectivity index (χ3n) is 7.85. The average Bonchev–Trinajstić information content (AvgIpc) is 2.95. The van der Waals surface area contributed by atoms with Crippen molar-refractivity contribution in [3.8, 4) is 0 Å². The monoisotopic (exact) mass is 537 g/mol. The maximum atomic E-state index is 4.99. The van der Waals surface area contributed by atoms with Crippen molar-refractivity contribution in [2.24, 2.45) is 5.10 Å². The molecule has 3 nitrogen and oxygen atoms in total. The number of hydrogen-bond acceptors (Lipinski definition) is 3. The van der Waals surface area contributed by atoms with Crippen LogP contribution >= 0.6 is 0 Å². The fourth-order valence-electron chi connectivity index (χ4n) is 4.97. The van der Waals surface area contributed by atoms with Crippen molar-refractivity contribution in [2.75, 3.05) is 9.91 Å². The molecule has 0 aliphatic carbocycles. The second kappa shape index (κ2) is 11.9. The fourth-order valence-corrected chi connectivity index (χ4v) is 4.97. The molecule has 0 spiro atoms. The second-order valence-corrected chi connectivity index (χ2v) is 11.1. The topological polar surface area (TPSA) is 18.8 Å². The number of anilines is 5. The van der Waals surface area contributed by atoms with Gasteiger partial charge in [-0.3, -0.25) is 0 Å². The van der Waals surface area contributed by atoms with Crippen LogP contribution in [0.5, 0.6) is 0 Å². The number of rotatable bonds is 7. The lowest BCUT2D eigenvalue weighted by Gasteiger charge is -2.27. The molecule has 206 valence electrons. The summed E-state index contributed by atoms with van der Waals surface area (Å²) < 4.78 is 0. The van der Waals surface area contributed by atoms with Crippen LogP contribution in [0.3, 0.4) is 0 Å². The normalized spacial score (nSPS) is 11.2. The Balaban J connectivity index is 1.54. The molecule has 0 aliphatic heterocycles. The van der Waals surface area contributed by atoms with E-state index in [0.717, 1.165) is 39.6 Å². The molecule has 0 bridgehead atoms. The summed E-state index contributed by atoms with van der Waals surface area (Å²) in [6.45, 7) is 15.1. The summed E-state index contributed by atoms with van der Waals surface area (Å²) >= 11 is 0. The second-order valence-electron chi connectivity index (χ2n) is 11.1. The van der Waals surface area contributed by atoms with E-state index >= 15 is 0 Å². The Hall–Kier alpha value is -4.63. The molecule has 0 radical (unpaired) electrons. The van der Waals surface area contributed by atoms with Gasteiger partial charge in [-0.05, 0) is 148 Å². The van der Waals surface area contributed by atoms with E-state index < -0.39 is 0 Å². The van der Waals surface area contributed by atoms with Crippen LogP contribution in [-0.4, -0.2) is 6.21 Å². The summed E-state index contributed by atoms with van der Waals surface area (Å²) in [6.07, 6.45) is 1.97. The Bertz CT molecular complexity index is 1660. The predicted molar refractivity (Wildman–Crippen MR) is 177 cm³/mol. The first-order chi connectivity index (χ1) is 19.7. The first-order valence-corrected chi connectivity index (χ1v) is 14.2. The van der Waals surface area contributed by atoms with Crippen molar-refractivity contribution in [1.29, 1.82) is 0 Å². The van der Waals surface area contributed by atoms with Crippen LogP contribution in [0.25, 0.3) is 0 Å². The molecule has 0 aromatic heterocycles. The summed E-state index contributed by atoms with van der Waals surface area (Å²) in [4.78, 5) is 2.35. The highest BCUT2D eigenvalue weighted by Crippen LogP contribution is 2.37. The van der Waals surface area contributed by atoms with Crippen molar-refractivity contribution in [3.63, 3.8) is 0 Å². The smallest absolute Gasteiger partial charge is 0.0655 e. The molecule has 5 aromatic rings. The molecule has 0 amide bonds. The molecule has 0 saturated heterocycles. The van der Waals surface area contributed by atoms with Gasteiger partial charge < -0.3 is 4.90 Å². The van der Waals surface area contributed by atoms with Gasteiger partial charge >= 0.3 is 0 Å². The van der Waals surface area contributed by atoms with Crippen molar-refractivity contribution in [3.05, 3.63) is 148 Å². The average molecular weight is 538 g/mol. The van der Waals surface area contributed by atoms with Crippen LogP contribution in [0, 0.1) is 48.5 Å². The minimum Gasteiger partial charge on any atom is -0.310 e. The highest BCUT2D eigenvalue weighted by molar-refractivity contribution is 5.86. The predicted octanol–water partition coefficient (Wildman–Crippen LogP) is 10.5. The Morgan fingerprint density at radius 1 is 0.439 bits per heavy atom. The van der Waals surface area contributed by atoms with Gasteiger partial charge in [-0.15, -0.1) is 0 Å². The maximum Gasteiger partial charge on any atom is 0.0655 e. The van der Waals surface area contributed by atoms with E-state index in [4.69, 9.17) is 5.10 Å². The SMILES string of the molecule is Cc1ccc(N(/N=C/c2ccc(N(c3ccc(C)c(C)c3)c3ccc(C)c(C)c3)cc2C)c2cccc(C)c2)cc1. The minimum absolute atomic E-state index is 1.03. The van der Waals surface area contributed by atoms with E-state index in [1.54, 1.807) is 0 Å². The van der Waals surface area contributed by atoms with Gasteiger partial charge in [-0.2, -0.15) is 5.10 Å². The lowest BCUT2D eigenvalue weighted by atomic mass is 10.0. The van der Waals surface area contributed by atoms with Crippen LogP contribution in [0.4, 0.5) is 28.4 Å². The van der Waals surface area contributed by atoms with E-state index in [-0.39, 0.29) is 0 Å².